The average molecular weight is 283 g/mol. The summed E-state index contributed by atoms with van der Waals surface area (Å²) in [7, 11) is 1.71. The lowest BCUT2D eigenvalue weighted by Gasteiger charge is -2.15. The van der Waals surface area contributed by atoms with Crippen molar-refractivity contribution in [1.29, 1.82) is 0 Å². The molecular weight excluding hydrogens is 258 g/mol. The van der Waals surface area contributed by atoms with E-state index in [1.807, 2.05) is 6.07 Å². The van der Waals surface area contributed by atoms with E-state index in [0.29, 0.717) is 6.04 Å². The van der Waals surface area contributed by atoms with Gasteiger partial charge in [-0.05, 0) is 49.4 Å². The molecule has 21 heavy (non-hydrogen) atoms. The lowest BCUT2D eigenvalue weighted by Crippen LogP contribution is -2.26. The highest BCUT2D eigenvalue weighted by molar-refractivity contribution is 5.36. The summed E-state index contributed by atoms with van der Waals surface area (Å²) in [5, 5.41) is 3.59. The van der Waals surface area contributed by atoms with Crippen molar-refractivity contribution in [3.05, 3.63) is 65.2 Å². The number of hydrogen-bond donors (Lipinski definition) is 1. The van der Waals surface area contributed by atoms with E-state index < -0.39 is 0 Å². The van der Waals surface area contributed by atoms with Crippen LogP contribution in [0.2, 0.25) is 0 Å². The summed E-state index contributed by atoms with van der Waals surface area (Å²) in [5.74, 6) is 0.955. The molecule has 1 unspecified atom stereocenters. The molecular formula is C19H25NO. The molecule has 0 amide bonds. The highest BCUT2D eigenvalue weighted by Crippen LogP contribution is 2.18. The van der Waals surface area contributed by atoms with Gasteiger partial charge in [0.05, 0.1) is 7.11 Å². The van der Waals surface area contributed by atoms with E-state index in [-0.39, 0.29) is 0 Å². The molecule has 0 aliphatic rings. The van der Waals surface area contributed by atoms with Crippen molar-refractivity contribution in [3.63, 3.8) is 0 Å². The van der Waals surface area contributed by atoms with Crippen molar-refractivity contribution in [2.24, 2.45) is 0 Å². The van der Waals surface area contributed by atoms with Crippen LogP contribution in [-0.2, 0) is 13.0 Å². The van der Waals surface area contributed by atoms with Gasteiger partial charge in [-0.25, -0.2) is 0 Å². The maximum Gasteiger partial charge on any atom is 0.121 e. The molecule has 0 saturated carbocycles. The smallest absolute Gasteiger partial charge is 0.121 e. The molecule has 1 atom stereocenters. The van der Waals surface area contributed by atoms with Crippen molar-refractivity contribution < 1.29 is 4.74 Å². The molecule has 112 valence electrons. The molecule has 0 heterocycles. The molecule has 0 fully saturated rings. The van der Waals surface area contributed by atoms with E-state index in [2.05, 4.69) is 61.6 Å². The van der Waals surface area contributed by atoms with Crippen molar-refractivity contribution in [3.8, 4) is 5.75 Å². The number of ether oxygens (including phenoxy) is 1. The largest absolute Gasteiger partial charge is 0.496 e. The number of benzene rings is 2. The van der Waals surface area contributed by atoms with Gasteiger partial charge in [0.25, 0.3) is 0 Å². The first-order valence-electron chi connectivity index (χ1n) is 7.60. The lowest BCUT2D eigenvalue weighted by atomic mass is 10.1. The van der Waals surface area contributed by atoms with Gasteiger partial charge in [-0.15, -0.1) is 0 Å². The molecule has 0 spiro atoms. The topological polar surface area (TPSA) is 21.3 Å². The second-order valence-electron chi connectivity index (χ2n) is 5.61. The van der Waals surface area contributed by atoms with Crippen LogP contribution in [0.15, 0.2) is 48.5 Å². The van der Waals surface area contributed by atoms with E-state index in [9.17, 15) is 0 Å². The zero-order valence-electron chi connectivity index (χ0n) is 13.2. The number of methoxy groups -OCH3 is 1. The Bertz CT molecular complexity index is 551. The Morgan fingerprint density at radius 2 is 1.81 bits per heavy atom. The minimum Gasteiger partial charge on any atom is -0.496 e. The molecule has 0 aromatic heterocycles. The lowest BCUT2D eigenvalue weighted by molar-refractivity contribution is 0.411. The SMILES string of the molecule is COc1ccc(CNC(C)CCc2ccccc2)cc1C. The molecule has 2 heteroatoms. The Kier molecular flexibility index (Phi) is 5.82. The maximum atomic E-state index is 5.29. The van der Waals surface area contributed by atoms with Gasteiger partial charge >= 0.3 is 0 Å². The summed E-state index contributed by atoms with van der Waals surface area (Å²) in [5.41, 5.74) is 3.90. The third-order valence-electron chi connectivity index (χ3n) is 3.82. The van der Waals surface area contributed by atoms with E-state index >= 15 is 0 Å². The van der Waals surface area contributed by atoms with Gasteiger partial charge in [-0.3, -0.25) is 0 Å². The molecule has 2 nitrogen and oxygen atoms in total. The average Bonchev–Trinajstić information content (AvgIpc) is 2.52. The van der Waals surface area contributed by atoms with E-state index in [1.165, 1.54) is 16.7 Å². The van der Waals surface area contributed by atoms with Crippen LogP contribution in [0.4, 0.5) is 0 Å². The van der Waals surface area contributed by atoms with Gasteiger partial charge in [-0.2, -0.15) is 0 Å². The normalized spacial score (nSPS) is 12.1. The molecule has 0 radical (unpaired) electrons. The van der Waals surface area contributed by atoms with Crippen LogP contribution < -0.4 is 10.1 Å². The molecule has 0 aliphatic heterocycles. The number of rotatable bonds is 7. The van der Waals surface area contributed by atoms with Crippen LogP contribution in [0.25, 0.3) is 0 Å². The number of nitrogens with one attached hydrogen (secondary N) is 1. The van der Waals surface area contributed by atoms with Gasteiger partial charge < -0.3 is 10.1 Å². The molecule has 2 rings (SSSR count). The van der Waals surface area contributed by atoms with E-state index in [0.717, 1.165) is 25.1 Å². The van der Waals surface area contributed by atoms with Gasteiger partial charge in [0, 0.05) is 12.6 Å². The van der Waals surface area contributed by atoms with Gasteiger partial charge in [-0.1, -0.05) is 42.5 Å². The highest BCUT2D eigenvalue weighted by atomic mass is 16.5. The third kappa shape index (κ3) is 4.91. The first kappa shape index (κ1) is 15.6. The molecule has 2 aromatic carbocycles. The van der Waals surface area contributed by atoms with Crippen LogP contribution in [0.3, 0.4) is 0 Å². The summed E-state index contributed by atoms with van der Waals surface area (Å²) >= 11 is 0. The van der Waals surface area contributed by atoms with Crippen molar-refractivity contribution in [2.45, 2.75) is 39.3 Å². The zero-order chi connectivity index (χ0) is 15.1. The van der Waals surface area contributed by atoms with Crippen molar-refractivity contribution >= 4 is 0 Å². The monoisotopic (exact) mass is 283 g/mol. The predicted octanol–water partition coefficient (Wildman–Crippen LogP) is 4.11. The number of hydrogen-bond acceptors (Lipinski definition) is 2. The van der Waals surface area contributed by atoms with E-state index in [1.54, 1.807) is 7.11 Å². The molecule has 2 aromatic rings. The third-order valence-corrected chi connectivity index (χ3v) is 3.82. The van der Waals surface area contributed by atoms with Crippen LogP contribution >= 0.6 is 0 Å². The van der Waals surface area contributed by atoms with Crippen LogP contribution in [0.1, 0.15) is 30.0 Å². The van der Waals surface area contributed by atoms with Gasteiger partial charge in [0.15, 0.2) is 0 Å². The number of aryl methyl sites for hydroxylation is 2. The summed E-state index contributed by atoms with van der Waals surface area (Å²) in [6, 6.07) is 17.5. The summed E-state index contributed by atoms with van der Waals surface area (Å²) in [6.07, 6.45) is 2.27. The minimum atomic E-state index is 0.507. The quantitative estimate of drug-likeness (QED) is 0.825. The van der Waals surface area contributed by atoms with E-state index in [4.69, 9.17) is 4.74 Å². The first-order valence-corrected chi connectivity index (χ1v) is 7.60. The van der Waals surface area contributed by atoms with Crippen LogP contribution in [-0.4, -0.2) is 13.2 Å². The molecule has 0 aliphatic carbocycles. The van der Waals surface area contributed by atoms with Gasteiger partial charge in [0.1, 0.15) is 5.75 Å². The fraction of sp³-hybridized carbons (Fsp3) is 0.368. The Labute approximate surface area is 128 Å². The standard InChI is InChI=1S/C19H25NO/c1-15-13-18(11-12-19(15)21-3)14-20-16(2)9-10-17-7-5-4-6-8-17/h4-8,11-13,16,20H,9-10,14H2,1-3H3. The van der Waals surface area contributed by atoms with Gasteiger partial charge in [0.2, 0.25) is 0 Å². The van der Waals surface area contributed by atoms with Crippen LogP contribution in [0.5, 0.6) is 5.75 Å². The molecule has 1 N–H and O–H groups in total. The van der Waals surface area contributed by atoms with Crippen LogP contribution in [0, 0.1) is 6.92 Å². The summed E-state index contributed by atoms with van der Waals surface area (Å²) in [6.45, 7) is 5.24. The second-order valence-corrected chi connectivity index (χ2v) is 5.61. The Morgan fingerprint density at radius 1 is 1.05 bits per heavy atom. The Hall–Kier alpha value is -1.80. The minimum absolute atomic E-state index is 0.507. The predicted molar refractivity (Wildman–Crippen MR) is 88.8 cm³/mol. The molecule has 0 bridgehead atoms. The Balaban J connectivity index is 1.78. The first-order chi connectivity index (χ1) is 10.2. The Morgan fingerprint density at radius 3 is 2.48 bits per heavy atom. The molecule has 0 saturated heterocycles. The fourth-order valence-corrected chi connectivity index (χ4v) is 2.47. The highest BCUT2D eigenvalue weighted by Gasteiger charge is 2.04. The van der Waals surface area contributed by atoms with Crippen molar-refractivity contribution in [2.75, 3.05) is 7.11 Å². The summed E-state index contributed by atoms with van der Waals surface area (Å²) < 4.78 is 5.29. The van der Waals surface area contributed by atoms with Crippen molar-refractivity contribution in [1.82, 2.24) is 5.32 Å². The summed E-state index contributed by atoms with van der Waals surface area (Å²) in [4.78, 5) is 0. The second kappa shape index (κ2) is 7.84. The maximum absolute atomic E-state index is 5.29. The zero-order valence-corrected chi connectivity index (χ0v) is 13.2. The fourth-order valence-electron chi connectivity index (χ4n) is 2.47.